The molecule has 3 aromatic rings. The Bertz CT molecular complexity index is 1130. The Labute approximate surface area is 182 Å². The molecule has 0 heterocycles. The predicted molar refractivity (Wildman–Crippen MR) is 120 cm³/mol. The lowest BCUT2D eigenvalue weighted by Gasteiger charge is -2.23. The molecule has 1 N–H and O–H groups in total. The van der Waals surface area contributed by atoms with Gasteiger partial charge in [0.05, 0.1) is 11.4 Å². The Morgan fingerprint density at radius 1 is 0.933 bits per heavy atom. The molecule has 0 bridgehead atoms. The molecule has 156 valence electrons. The lowest BCUT2D eigenvalue weighted by molar-refractivity contribution is -0.116. The maximum absolute atomic E-state index is 13.3. The number of anilines is 1. The Morgan fingerprint density at radius 2 is 1.57 bits per heavy atom. The van der Waals surface area contributed by atoms with Gasteiger partial charge < -0.3 is 5.32 Å². The van der Waals surface area contributed by atoms with Crippen LogP contribution in [0.3, 0.4) is 0 Å². The van der Waals surface area contributed by atoms with E-state index in [0.29, 0.717) is 10.7 Å². The van der Waals surface area contributed by atoms with Gasteiger partial charge in [-0.1, -0.05) is 53.6 Å². The summed E-state index contributed by atoms with van der Waals surface area (Å²) in [5.74, 6) is -0.412. The molecule has 5 nitrogen and oxygen atoms in total. The van der Waals surface area contributed by atoms with Crippen LogP contribution < -0.4 is 5.32 Å². The summed E-state index contributed by atoms with van der Waals surface area (Å²) in [5.41, 5.74) is 3.47. The monoisotopic (exact) mass is 442 g/mol. The largest absolute Gasteiger partial charge is 0.325 e. The van der Waals surface area contributed by atoms with Crippen LogP contribution in [0.4, 0.5) is 5.69 Å². The van der Waals surface area contributed by atoms with Crippen LogP contribution >= 0.6 is 11.6 Å². The fourth-order valence-electron chi connectivity index (χ4n) is 2.96. The smallest absolute Gasteiger partial charge is 0.243 e. The zero-order valence-corrected chi connectivity index (χ0v) is 18.4. The minimum Gasteiger partial charge on any atom is -0.325 e. The van der Waals surface area contributed by atoms with Crippen LogP contribution in [0.5, 0.6) is 0 Å². The Hall–Kier alpha value is -2.67. The van der Waals surface area contributed by atoms with Crippen LogP contribution in [-0.4, -0.2) is 25.2 Å². The van der Waals surface area contributed by atoms with Crippen molar-refractivity contribution in [3.8, 4) is 0 Å². The van der Waals surface area contributed by atoms with Crippen molar-refractivity contribution in [1.82, 2.24) is 4.31 Å². The van der Waals surface area contributed by atoms with Crippen molar-refractivity contribution in [3.05, 3.63) is 94.5 Å². The first kappa shape index (κ1) is 22.0. The first-order valence-electron chi connectivity index (χ1n) is 9.42. The van der Waals surface area contributed by atoms with Gasteiger partial charge in [0.2, 0.25) is 15.9 Å². The first-order valence-corrected chi connectivity index (χ1v) is 11.2. The summed E-state index contributed by atoms with van der Waals surface area (Å²) in [6.45, 7) is 3.63. The number of nitrogens with zero attached hydrogens (tertiary/aromatic N) is 1. The van der Waals surface area contributed by atoms with Crippen molar-refractivity contribution in [3.63, 3.8) is 0 Å². The summed E-state index contributed by atoms with van der Waals surface area (Å²) < 4.78 is 27.8. The van der Waals surface area contributed by atoms with E-state index in [2.05, 4.69) is 5.32 Å². The second-order valence-corrected chi connectivity index (χ2v) is 9.44. The summed E-state index contributed by atoms with van der Waals surface area (Å²) in [7, 11) is -3.91. The number of rotatable bonds is 7. The number of aryl methyl sites for hydroxylation is 2. The zero-order valence-electron chi connectivity index (χ0n) is 16.8. The van der Waals surface area contributed by atoms with E-state index in [1.54, 1.807) is 12.1 Å². The third kappa shape index (κ3) is 5.48. The van der Waals surface area contributed by atoms with Gasteiger partial charge in [0.25, 0.3) is 0 Å². The molecule has 3 rings (SSSR count). The highest BCUT2D eigenvalue weighted by atomic mass is 35.5. The highest BCUT2D eigenvalue weighted by Crippen LogP contribution is 2.22. The quantitative estimate of drug-likeness (QED) is 0.572. The topological polar surface area (TPSA) is 66.5 Å². The van der Waals surface area contributed by atoms with Gasteiger partial charge in [-0.25, -0.2) is 8.42 Å². The van der Waals surface area contributed by atoms with Crippen LogP contribution in [0, 0.1) is 13.8 Å². The molecule has 30 heavy (non-hydrogen) atoms. The van der Waals surface area contributed by atoms with E-state index in [4.69, 9.17) is 11.6 Å². The maximum Gasteiger partial charge on any atom is 0.243 e. The van der Waals surface area contributed by atoms with Gasteiger partial charge in [0.1, 0.15) is 0 Å². The van der Waals surface area contributed by atoms with E-state index in [0.717, 1.165) is 16.7 Å². The molecule has 0 spiro atoms. The maximum atomic E-state index is 13.3. The molecule has 0 aromatic heterocycles. The van der Waals surface area contributed by atoms with Crippen LogP contribution in [-0.2, 0) is 21.4 Å². The number of hydrogen-bond donors (Lipinski definition) is 1. The number of sulfonamides is 1. The van der Waals surface area contributed by atoms with Crippen LogP contribution in [0.25, 0.3) is 0 Å². The molecule has 0 saturated heterocycles. The van der Waals surface area contributed by atoms with Gasteiger partial charge in [-0.3, -0.25) is 4.79 Å². The van der Waals surface area contributed by atoms with Crippen LogP contribution in [0.2, 0.25) is 5.02 Å². The molecule has 0 aliphatic carbocycles. The van der Waals surface area contributed by atoms with Gasteiger partial charge in [-0.05, 0) is 61.4 Å². The average Bonchev–Trinajstić information content (AvgIpc) is 2.71. The fourth-order valence-corrected chi connectivity index (χ4v) is 4.46. The van der Waals surface area contributed by atoms with Gasteiger partial charge >= 0.3 is 0 Å². The number of carbonyl (C=O) groups is 1. The molecule has 0 atom stereocenters. The third-order valence-corrected chi connectivity index (χ3v) is 6.77. The van der Waals surface area contributed by atoms with E-state index in [9.17, 15) is 13.2 Å². The average molecular weight is 443 g/mol. The summed E-state index contributed by atoms with van der Waals surface area (Å²) in [4.78, 5) is 12.8. The lowest BCUT2D eigenvalue weighted by atomic mass is 10.1. The molecule has 0 aliphatic heterocycles. The Kier molecular flexibility index (Phi) is 6.92. The molecule has 0 aliphatic rings. The third-order valence-electron chi connectivity index (χ3n) is 4.71. The molecule has 1 amide bonds. The number of halogens is 1. The number of benzene rings is 3. The van der Waals surface area contributed by atoms with E-state index in [1.165, 1.54) is 28.6 Å². The molecule has 0 fully saturated rings. The number of amides is 1. The molecule has 3 aromatic carbocycles. The van der Waals surface area contributed by atoms with Gasteiger partial charge in [-0.2, -0.15) is 4.31 Å². The van der Waals surface area contributed by atoms with Crippen LogP contribution in [0.1, 0.15) is 16.7 Å². The standard InChI is InChI=1S/C23H23ClN2O3S/c1-17-7-11-21(12-8-17)25-23(27)16-26(15-19-6-4-3-5-18(19)2)30(28,29)22-13-9-20(24)10-14-22/h3-14H,15-16H2,1-2H3,(H,25,27). The Balaban J connectivity index is 1.88. The normalized spacial score (nSPS) is 11.5. The SMILES string of the molecule is Cc1ccc(NC(=O)CN(Cc2ccccc2C)S(=O)(=O)c2ccc(Cl)cc2)cc1. The molecule has 0 radical (unpaired) electrons. The van der Waals surface area contributed by atoms with Crippen molar-refractivity contribution in [2.75, 3.05) is 11.9 Å². The molecule has 0 saturated carbocycles. The predicted octanol–water partition coefficient (Wildman–Crippen LogP) is 4.79. The Morgan fingerprint density at radius 3 is 2.20 bits per heavy atom. The van der Waals surface area contributed by atoms with E-state index in [1.807, 2.05) is 50.2 Å². The second kappa shape index (κ2) is 9.43. The number of hydrogen-bond acceptors (Lipinski definition) is 3. The molecule has 7 heteroatoms. The van der Waals surface area contributed by atoms with Crippen molar-refractivity contribution < 1.29 is 13.2 Å². The molecular formula is C23H23ClN2O3S. The zero-order chi connectivity index (χ0) is 21.7. The van der Waals surface area contributed by atoms with E-state index < -0.39 is 15.9 Å². The summed E-state index contributed by atoms with van der Waals surface area (Å²) in [5, 5.41) is 3.21. The highest BCUT2D eigenvalue weighted by Gasteiger charge is 2.27. The highest BCUT2D eigenvalue weighted by molar-refractivity contribution is 7.89. The van der Waals surface area contributed by atoms with Gasteiger partial charge in [0, 0.05) is 17.3 Å². The van der Waals surface area contributed by atoms with Gasteiger partial charge in [0.15, 0.2) is 0 Å². The van der Waals surface area contributed by atoms with Crippen molar-refractivity contribution >= 4 is 33.2 Å². The number of nitrogens with one attached hydrogen (secondary N) is 1. The summed E-state index contributed by atoms with van der Waals surface area (Å²) >= 11 is 5.91. The van der Waals surface area contributed by atoms with Crippen molar-refractivity contribution in [2.24, 2.45) is 0 Å². The lowest BCUT2D eigenvalue weighted by Crippen LogP contribution is -2.37. The summed E-state index contributed by atoms with van der Waals surface area (Å²) in [6.07, 6.45) is 0. The number of carbonyl (C=O) groups excluding carboxylic acids is 1. The van der Waals surface area contributed by atoms with Crippen LogP contribution in [0.15, 0.2) is 77.7 Å². The summed E-state index contributed by atoms with van der Waals surface area (Å²) in [6, 6.07) is 20.8. The molecule has 0 unspecified atom stereocenters. The van der Waals surface area contributed by atoms with E-state index >= 15 is 0 Å². The van der Waals surface area contributed by atoms with Crippen molar-refractivity contribution in [2.45, 2.75) is 25.3 Å². The first-order chi connectivity index (χ1) is 14.3. The molecular weight excluding hydrogens is 420 g/mol. The minimum absolute atomic E-state index is 0.0823. The second-order valence-electron chi connectivity index (χ2n) is 7.07. The van der Waals surface area contributed by atoms with Crippen molar-refractivity contribution in [1.29, 1.82) is 0 Å². The fraction of sp³-hybridized carbons (Fsp3) is 0.174. The van der Waals surface area contributed by atoms with E-state index in [-0.39, 0.29) is 18.0 Å². The van der Waals surface area contributed by atoms with Gasteiger partial charge in [-0.15, -0.1) is 0 Å². The minimum atomic E-state index is -3.91.